The van der Waals surface area contributed by atoms with E-state index >= 15 is 0 Å². The summed E-state index contributed by atoms with van der Waals surface area (Å²) >= 11 is 0. The van der Waals surface area contributed by atoms with E-state index in [4.69, 9.17) is 5.11 Å². The first-order valence-corrected chi connectivity index (χ1v) is 8.74. The Morgan fingerprint density at radius 3 is 2.52 bits per heavy atom. The van der Waals surface area contributed by atoms with Crippen LogP contribution in [0.25, 0.3) is 0 Å². The highest BCUT2D eigenvalue weighted by molar-refractivity contribution is 6.10. The van der Waals surface area contributed by atoms with Gasteiger partial charge in [-0.15, -0.1) is 0 Å². The predicted molar refractivity (Wildman–Crippen MR) is 99.4 cm³/mol. The molecule has 0 saturated carbocycles. The second-order valence-electron chi connectivity index (χ2n) is 6.53. The summed E-state index contributed by atoms with van der Waals surface area (Å²) in [4.78, 5) is 49.4. The molecular formula is C18H24N4O5. The van der Waals surface area contributed by atoms with Crippen LogP contribution in [0.3, 0.4) is 0 Å². The zero-order valence-electron chi connectivity index (χ0n) is 15.5. The summed E-state index contributed by atoms with van der Waals surface area (Å²) in [6.07, 6.45) is 0.594. The van der Waals surface area contributed by atoms with Crippen molar-refractivity contribution in [2.45, 2.75) is 39.3 Å². The molecule has 27 heavy (non-hydrogen) atoms. The number of carboxylic acids is 1. The lowest BCUT2D eigenvalue weighted by Crippen LogP contribution is -2.57. The van der Waals surface area contributed by atoms with E-state index in [0.29, 0.717) is 17.8 Å². The van der Waals surface area contributed by atoms with E-state index in [1.54, 1.807) is 31.2 Å². The minimum absolute atomic E-state index is 0.177. The van der Waals surface area contributed by atoms with E-state index in [-0.39, 0.29) is 18.4 Å². The molecule has 1 aliphatic heterocycles. The normalized spacial score (nSPS) is 16.4. The van der Waals surface area contributed by atoms with Crippen LogP contribution in [0.5, 0.6) is 0 Å². The molecule has 4 N–H and O–H groups in total. The van der Waals surface area contributed by atoms with Crippen LogP contribution in [-0.4, -0.2) is 47.5 Å². The number of amides is 4. The van der Waals surface area contributed by atoms with E-state index < -0.39 is 30.0 Å². The zero-order valence-corrected chi connectivity index (χ0v) is 15.5. The number of rotatable bonds is 6. The number of hydrogen-bond acceptors (Lipinski definition) is 4. The van der Waals surface area contributed by atoms with E-state index in [1.807, 2.05) is 6.92 Å². The highest BCUT2D eigenvalue weighted by Crippen LogP contribution is 2.29. The number of anilines is 2. The molecule has 0 saturated heterocycles. The molecule has 9 nitrogen and oxygen atoms in total. The van der Waals surface area contributed by atoms with Crippen molar-refractivity contribution in [1.82, 2.24) is 10.6 Å². The van der Waals surface area contributed by atoms with Crippen molar-refractivity contribution in [3.05, 3.63) is 24.3 Å². The molecule has 2 rings (SSSR count). The second-order valence-corrected chi connectivity index (χ2v) is 6.53. The number of carbonyl (C=O) groups excluding carboxylic acids is 3. The molecule has 0 aromatic heterocycles. The number of carbonyl (C=O) groups is 4. The van der Waals surface area contributed by atoms with Crippen LogP contribution >= 0.6 is 0 Å². The van der Waals surface area contributed by atoms with E-state index in [9.17, 15) is 19.2 Å². The summed E-state index contributed by atoms with van der Waals surface area (Å²) in [7, 11) is 0. The number of nitrogens with zero attached hydrogens (tertiary/aromatic N) is 1. The summed E-state index contributed by atoms with van der Waals surface area (Å²) < 4.78 is 0. The van der Waals surface area contributed by atoms with Gasteiger partial charge in [0.1, 0.15) is 18.6 Å². The fraction of sp³-hybridized carbons (Fsp3) is 0.444. The number of urea groups is 1. The molecule has 4 amide bonds. The Hall–Kier alpha value is -3.10. The first kappa shape index (κ1) is 20.2. The van der Waals surface area contributed by atoms with Gasteiger partial charge < -0.3 is 21.1 Å². The Bertz CT molecular complexity index is 751. The van der Waals surface area contributed by atoms with E-state index in [0.717, 1.165) is 0 Å². The summed E-state index contributed by atoms with van der Waals surface area (Å²) in [6, 6.07) is 4.25. The average Bonchev–Trinajstić information content (AvgIpc) is 2.64. The number of carboxylic acid groups (broad SMARTS) is 1. The van der Waals surface area contributed by atoms with Crippen LogP contribution < -0.4 is 20.9 Å². The molecule has 9 heteroatoms. The number of fused-ring (bicyclic) bond motifs is 1. The van der Waals surface area contributed by atoms with Gasteiger partial charge in [0.25, 0.3) is 0 Å². The van der Waals surface area contributed by atoms with Crippen molar-refractivity contribution in [2.24, 2.45) is 5.92 Å². The van der Waals surface area contributed by atoms with E-state index in [2.05, 4.69) is 16.0 Å². The monoisotopic (exact) mass is 376 g/mol. The van der Waals surface area contributed by atoms with Crippen LogP contribution in [-0.2, 0) is 14.4 Å². The van der Waals surface area contributed by atoms with Crippen molar-refractivity contribution < 1.29 is 24.3 Å². The van der Waals surface area contributed by atoms with Gasteiger partial charge in [-0.05, 0) is 25.0 Å². The molecule has 1 heterocycles. The lowest BCUT2D eigenvalue weighted by Gasteiger charge is -2.32. The van der Waals surface area contributed by atoms with Gasteiger partial charge in [-0.2, -0.15) is 0 Å². The minimum Gasteiger partial charge on any atom is -0.480 e. The van der Waals surface area contributed by atoms with E-state index in [1.165, 1.54) is 11.8 Å². The zero-order chi connectivity index (χ0) is 20.1. The van der Waals surface area contributed by atoms with Gasteiger partial charge in [0.2, 0.25) is 11.8 Å². The van der Waals surface area contributed by atoms with Crippen LogP contribution in [0.1, 0.15) is 27.2 Å². The molecular weight excluding hydrogens is 352 g/mol. The molecule has 1 aliphatic rings. The van der Waals surface area contributed by atoms with Crippen molar-refractivity contribution >= 4 is 35.2 Å². The van der Waals surface area contributed by atoms with Crippen LogP contribution in [0.15, 0.2) is 24.3 Å². The number of nitrogens with one attached hydrogen (secondary N) is 3. The van der Waals surface area contributed by atoms with Gasteiger partial charge in [-0.1, -0.05) is 32.4 Å². The average molecular weight is 376 g/mol. The van der Waals surface area contributed by atoms with Crippen LogP contribution in [0.4, 0.5) is 16.2 Å². The number of benzene rings is 1. The standard InChI is InChI=1S/C18H24N4O5/c1-4-10(2)15(16(24)19-11(3)17(25)26)21-18(27)22-9-14(23)20-12-7-5-6-8-13(12)22/h5-8,10-11,15H,4,9H2,1-3H3,(H,19,24)(H,20,23)(H,21,27)(H,25,26)/t10-,11-,15-/m0/s1. The van der Waals surface area contributed by atoms with Crippen LogP contribution in [0.2, 0.25) is 0 Å². The van der Waals surface area contributed by atoms with Gasteiger partial charge in [0.15, 0.2) is 0 Å². The van der Waals surface area contributed by atoms with Gasteiger partial charge in [0.05, 0.1) is 11.4 Å². The fourth-order valence-corrected chi connectivity index (χ4v) is 2.69. The van der Waals surface area contributed by atoms with Gasteiger partial charge in [0, 0.05) is 0 Å². The molecule has 0 spiro atoms. The molecule has 0 unspecified atom stereocenters. The maximum Gasteiger partial charge on any atom is 0.325 e. The van der Waals surface area contributed by atoms with Crippen LogP contribution in [0, 0.1) is 5.92 Å². The van der Waals surface area contributed by atoms with Crippen molar-refractivity contribution in [1.29, 1.82) is 0 Å². The molecule has 1 aromatic carbocycles. The number of hydrogen-bond donors (Lipinski definition) is 4. The fourth-order valence-electron chi connectivity index (χ4n) is 2.69. The van der Waals surface area contributed by atoms with Crippen molar-refractivity contribution in [2.75, 3.05) is 16.8 Å². The number of aliphatic carboxylic acids is 1. The van der Waals surface area contributed by atoms with Crippen molar-refractivity contribution in [3.8, 4) is 0 Å². The molecule has 0 aliphatic carbocycles. The summed E-state index contributed by atoms with van der Waals surface area (Å²) in [5.74, 6) is -2.32. The smallest absolute Gasteiger partial charge is 0.325 e. The third kappa shape index (κ3) is 4.75. The van der Waals surface area contributed by atoms with Gasteiger partial charge >= 0.3 is 12.0 Å². The Morgan fingerprint density at radius 2 is 1.89 bits per heavy atom. The lowest BCUT2D eigenvalue weighted by atomic mass is 9.98. The summed E-state index contributed by atoms with van der Waals surface area (Å²) in [5.41, 5.74) is 1.03. The minimum atomic E-state index is -1.17. The van der Waals surface area contributed by atoms with Gasteiger partial charge in [-0.25, -0.2) is 4.79 Å². The quantitative estimate of drug-likeness (QED) is 0.592. The third-order valence-electron chi connectivity index (χ3n) is 4.52. The summed E-state index contributed by atoms with van der Waals surface area (Å²) in [6.45, 7) is 4.82. The first-order chi connectivity index (χ1) is 12.7. The lowest BCUT2D eigenvalue weighted by molar-refractivity contribution is -0.141. The Labute approximate surface area is 157 Å². The highest BCUT2D eigenvalue weighted by Gasteiger charge is 2.32. The molecule has 0 fully saturated rings. The Balaban J connectivity index is 2.20. The largest absolute Gasteiger partial charge is 0.480 e. The van der Waals surface area contributed by atoms with Crippen molar-refractivity contribution in [3.63, 3.8) is 0 Å². The Morgan fingerprint density at radius 1 is 1.22 bits per heavy atom. The number of para-hydroxylation sites is 2. The Kier molecular flexibility index (Phi) is 6.38. The molecule has 3 atom stereocenters. The topological polar surface area (TPSA) is 128 Å². The molecule has 0 radical (unpaired) electrons. The third-order valence-corrected chi connectivity index (χ3v) is 4.52. The predicted octanol–water partition coefficient (Wildman–Crippen LogP) is 1.16. The molecule has 0 bridgehead atoms. The highest BCUT2D eigenvalue weighted by atomic mass is 16.4. The molecule has 1 aromatic rings. The second kappa shape index (κ2) is 8.52. The summed E-state index contributed by atoms with van der Waals surface area (Å²) in [5, 5.41) is 16.7. The molecule has 146 valence electrons. The van der Waals surface area contributed by atoms with Gasteiger partial charge in [-0.3, -0.25) is 19.3 Å². The maximum atomic E-state index is 12.8. The SMILES string of the molecule is CC[C@H](C)[C@H](NC(=O)N1CC(=O)Nc2ccccc21)C(=O)N[C@@H](C)C(=O)O. The maximum absolute atomic E-state index is 12.8. The first-order valence-electron chi connectivity index (χ1n) is 8.74.